The molecule has 1 aromatic rings. The monoisotopic (exact) mass is 242 g/mol. The molecule has 0 aromatic heterocycles. The topological polar surface area (TPSA) is 38.4 Å². The lowest BCUT2D eigenvalue weighted by atomic mass is 9.94. The van der Waals surface area contributed by atoms with Crippen LogP contribution in [-0.2, 0) is 6.18 Å². The van der Waals surface area contributed by atoms with Crippen molar-refractivity contribution in [1.82, 2.24) is 0 Å². The van der Waals surface area contributed by atoms with Gasteiger partial charge in [0.1, 0.15) is 0 Å². The van der Waals surface area contributed by atoms with Crippen LogP contribution in [0.3, 0.4) is 0 Å². The van der Waals surface area contributed by atoms with Gasteiger partial charge in [-0.1, -0.05) is 6.92 Å². The van der Waals surface area contributed by atoms with E-state index in [4.69, 9.17) is 5.73 Å². The van der Waals surface area contributed by atoms with Crippen molar-refractivity contribution in [2.45, 2.75) is 32.0 Å². The van der Waals surface area contributed by atoms with Crippen LogP contribution in [0.1, 0.15) is 36.9 Å². The molecule has 0 amide bonds. The largest absolute Gasteiger partial charge is 0.416 e. The summed E-state index contributed by atoms with van der Waals surface area (Å²) in [6.07, 6.45) is -3.03. The lowest BCUT2D eigenvalue weighted by Gasteiger charge is -2.22. The van der Waals surface area contributed by atoms with E-state index in [9.17, 15) is 13.2 Å². The summed E-state index contributed by atoms with van der Waals surface area (Å²) in [6, 6.07) is 3.16. The molecule has 0 aliphatic carbocycles. The Hall–Kier alpha value is -1.36. The number of halogens is 3. The van der Waals surface area contributed by atoms with E-state index in [2.05, 4.69) is 4.99 Å². The molecule has 0 bridgehead atoms. The quantitative estimate of drug-likeness (QED) is 0.802. The van der Waals surface area contributed by atoms with Crippen molar-refractivity contribution in [3.8, 4) is 0 Å². The van der Waals surface area contributed by atoms with Gasteiger partial charge in [0.2, 0.25) is 0 Å². The Morgan fingerprint density at radius 1 is 1.41 bits per heavy atom. The van der Waals surface area contributed by atoms with Gasteiger partial charge < -0.3 is 5.73 Å². The van der Waals surface area contributed by atoms with E-state index in [0.717, 1.165) is 24.3 Å². The predicted octanol–water partition coefficient (Wildman–Crippen LogP) is 3.59. The van der Waals surface area contributed by atoms with Crippen LogP contribution in [0.15, 0.2) is 23.2 Å². The molecular formula is C12H13F3N2. The van der Waals surface area contributed by atoms with Gasteiger partial charge in [0.25, 0.3) is 0 Å². The van der Waals surface area contributed by atoms with Gasteiger partial charge in [-0.15, -0.1) is 0 Å². The first-order valence-corrected chi connectivity index (χ1v) is 5.45. The number of aliphatic imine (C=N–C) groups is 1. The molecule has 0 unspecified atom stereocenters. The molecule has 0 fully saturated rings. The third-order valence-electron chi connectivity index (χ3n) is 2.90. The average molecular weight is 242 g/mol. The van der Waals surface area contributed by atoms with E-state index in [1.807, 2.05) is 6.92 Å². The predicted molar refractivity (Wildman–Crippen MR) is 60.4 cm³/mol. The number of nitrogens with zero attached hydrogens (tertiary/aromatic N) is 1. The van der Waals surface area contributed by atoms with E-state index in [-0.39, 0.29) is 6.04 Å². The maximum Gasteiger partial charge on any atom is 0.416 e. The molecule has 5 heteroatoms. The third kappa shape index (κ3) is 2.34. The highest BCUT2D eigenvalue weighted by molar-refractivity contribution is 5.89. The second-order valence-electron chi connectivity index (χ2n) is 4.11. The van der Waals surface area contributed by atoms with Crippen molar-refractivity contribution in [2.75, 3.05) is 0 Å². The minimum absolute atomic E-state index is 0.389. The fraction of sp³-hybridized carbons (Fsp3) is 0.417. The molecule has 17 heavy (non-hydrogen) atoms. The van der Waals surface area contributed by atoms with E-state index in [1.165, 1.54) is 6.07 Å². The number of fused-ring (bicyclic) bond motifs is 1. The average Bonchev–Trinajstić information content (AvgIpc) is 2.27. The molecule has 2 rings (SSSR count). The SMILES string of the molecule is CCC1=Nc2ccc(C(F)(F)F)cc2[C@@H](N)C1. The number of hydrogen-bond donors (Lipinski definition) is 1. The van der Waals surface area contributed by atoms with Crippen molar-refractivity contribution in [2.24, 2.45) is 10.7 Å². The van der Waals surface area contributed by atoms with Crippen molar-refractivity contribution in [3.05, 3.63) is 29.3 Å². The van der Waals surface area contributed by atoms with E-state index >= 15 is 0 Å². The van der Waals surface area contributed by atoms with Crippen LogP contribution in [0.2, 0.25) is 0 Å². The summed E-state index contributed by atoms with van der Waals surface area (Å²) in [6.45, 7) is 1.96. The van der Waals surface area contributed by atoms with Crippen LogP contribution in [0, 0.1) is 0 Å². The van der Waals surface area contributed by atoms with Crippen LogP contribution >= 0.6 is 0 Å². The van der Waals surface area contributed by atoms with Gasteiger partial charge >= 0.3 is 6.18 Å². The lowest BCUT2D eigenvalue weighted by Crippen LogP contribution is -2.19. The molecule has 1 heterocycles. The zero-order valence-corrected chi connectivity index (χ0v) is 9.38. The van der Waals surface area contributed by atoms with Gasteiger partial charge in [-0.3, -0.25) is 4.99 Å². The Labute approximate surface area is 97.3 Å². The second kappa shape index (κ2) is 4.14. The summed E-state index contributed by atoms with van der Waals surface area (Å²) in [5.41, 5.74) is 7.19. The molecule has 1 atom stereocenters. The first-order valence-electron chi connectivity index (χ1n) is 5.45. The van der Waals surface area contributed by atoms with Crippen molar-refractivity contribution < 1.29 is 13.2 Å². The number of hydrogen-bond acceptors (Lipinski definition) is 2. The lowest BCUT2D eigenvalue weighted by molar-refractivity contribution is -0.137. The van der Waals surface area contributed by atoms with Gasteiger partial charge in [0.15, 0.2) is 0 Å². The van der Waals surface area contributed by atoms with Gasteiger partial charge in [-0.05, 0) is 30.2 Å². The van der Waals surface area contributed by atoms with Crippen LogP contribution in [0.4, 0.5) is 18.9 Å². The molecule has 1 aromatic carbocycles. The molecule has 2 nitrogen and oxygen atoms in total. The van der Waals surface area contributed by atoms with Crippen LogP contribution in [0.5, 0.6) is 0 Å². The van der Waals surface area contributed by atoms with E-state index in [1.54, 1.807) is 0 Å². The summed E-state index contributed by atoms with van der Waals surface area (Å²) >= 11 is 0. The van der Waals surface area contributed by atoms with Crippen LogP contribution in [-0.4, -0.2) is 5.71 Å². The molecule has 92 valence electrons. The van der Waals surface area contributed by atoms with Gasteiger partial charge in [-0.25, -0.2) is 0 Å². The zero-order valence-electron chi connectivity index (χ0n) is 9.38. The number of nitrogens with two attached hydrogens (primary N) is 1. The molecular weight excluding hydrogens is 229 g/mol. The highest BCUT2D eigenvalue weighted by atomic mass is 19.4. The molecule has 0 saturated heterocycles. The molecule has 0 spiro atoms. The fourth-order valence-electron chi connectivity index (χ4n) is 1.93. The summed E-state index contributed by atoms with van der Waals surface area (Å²) in [5, 5.41) is 0. The number of alkyl halides is 3. The Bertz CT molecular complexity index is 463. The Morgan fingerprint density at radius 3 is 2.71 bits per heavy atom. The van der Waals surface area contributed by atoms with E-state index in [0.29, 0.717) is 17.7 Å². The normalized spacial score (nSPS) is 19.8. The molecule has 1 aliphatic rings. The molecule has 1 aliphatic heterocycles. The van der Waals surface area contributed by atoms with Gasteiger partial charge in [0.05, 0.1) is 11.3 Å². The Balaban J connectivity index is 2.47. The number of benzene rings is 1. The van der Waals surface area contributed by atoms with Crippen molar-refractivity contribution in [1.29, 1.82) is 0 Å². The first kappa shape index (κ1) is 12.1. The highest BCUT2D eigenvalue weighted by Crippen LogP contribution is 2.37. The van der Waals surface area contributed by atoms with Crippen LogP contribution in [0.25, 0.3) is 0 Å². The van der Waals surface area contributed by atoms with E-state index < -0.39 is 11.7 Å². The zero-order chi connectivity index (χ0) is 12.6. The van der Waals surface area contributed by atoms with Crippen molar-refractivity contribution in [3.63, 3.8) is 0 Å². The Morgan fingerprint density at radius 2 is 2.12 bits per heavy atom. The van der Waals surface area contributed by atoms with Crippen LogP contribution < -0.4 is 5.73 Å². The molecule has 0 saturated carbocycles. The maximum atomic E-state index is 12.6. The van der Waals surface area contributed by atoms with Gasteiger partial charge in [0, 0.05) is 18.2 Å². The number of rotatable bonds is 1. The van der Waals surface area contributed by atoms with Gasteiger partial charge in [-0.2, -0.15) is 13.2 Å². The Kier molecular flexibility index (Phi) is 2.95. The first-order chi connectivity index (χ1) is 7.91. The third-order valence-corrected chi connectivity index (χ3v) is 2.90. The summed E-state index contributed by atoms with van der Waals surface area (Å²) in [7, 11) is 0. The summed E-state index contributed by atoms with van der Waals surface area (Å²) in [5.74, 6) is 0. The minimum atomic E-state index is -4.33. The fourth-order valence-corrected chi connectivity index (χ4v) is 1.93. The maximum absolute atomic E-state index is 12.6. The van der Waals surface area contributed by atoms with Crippen molar-refractivity contribution >= 4 is 11.4 Å². The second-order valence-corrected chi connectivity index (χ2v) is 4.11. The standard InChI is InChI=1S/C12H13F3N2/c1-2-8-6-10(16)9-5-7(12(13,14)15)3-4-11(9)17-8/h3-5,10H,2,6,16H2,1H3/t10-/m0/s1. The molecule has 0 radical (unpaired) electrons. The minimum Gasteiger partial charge on any atom is -0.324 e. The summed E-state index contributed by atoms with van der Waals surface area (Å²) < 4.78 is 37.7. The summed E-state index contributed by atoms with van der Waals surface area (Å²) in [4.78, 5) is 4.31. The smallest absolute Gasteiger partial charge is 0.324 e. The highest BCUT2D eigenvalue weighted by Gasteiger charge is 2.32. The molecule has 2 N–H and O–H groups in total.